The predicted octanol–water partition coefficient (Wildman–Crippen LogP) is 2.33. The zero-order chi connectivity index (χ0) is 17.4. The molecule has 9 heteroatoms. The van der Waals surface area contributed by atoms with Crippen LogP contribution in [-0.4, -0.2) is 39.0 Å². The van der Waals surface area contributed by atoms with E-state index in [9.17, 15) is 0 Å². The van der Waals surface area contributed by atoms with Crippen LogP contribution in [0.15, 0.2) is 21.9 Å². The van der Waals surface area contributed by atoms with Gasteiger partial charge in [-0.2, -0.15) is 0 Å². The monoisotopic (exact) mass is 461 g/mol. The van der Waals surface area contributed by atoms with Crippen LogP contribution < -0.4 is 10.6 Å². The Morgan fingerprint density at radius 3 is 2.76 bits per heavy atom. The molecule has 0 amide bonds. The lowest BCUT2D eigenvalue weighted by molar-refractivity contribution is 0.376. The molecule has 0 aliphatic rings. The zero-order valence-corrected chi connectivity index (χ0v) is 17.7. The van der Waals surface area contributed by atoms with Gasteiger partial charge in [-0.05, 0) is 12.8 Å². The summed E-state index contributed by atoms with van der Waals surface area (Å²) in [5, 5.41) is 18.6. The maximum absolute atomic E-state index is 5.31. The van der Waals surface area contributed by atoms with Crippen molar-refractivity contribution in [1.29, 1.82) is 0 Å². The maximum atomic E-state index is 5.31. The first kappa shape index (κ1) is 21.4. The molecule has 2 heterocycles. The Balaban J connectivity index is 0.00000312. The van der Waals surface area contributed by atoms with Crippen molar-refractivity contribution in [1.82, 2.24) is 30.6 Å². The lowest BCUT2D eigenvalue weighted by atomic mass is 10.1. The van der Waals surface area contributed by atoms with E-state index in [-0.39, 0.29) is 24.0 Å². The summed E-state index contributed by atoms with van der Waals surface area (Å²) in [5.74, 6) is 2.87. The smallest absolute Gasteiger partial charge is 0.191 e. The van der Waals surface area contributed by atoms with Gasteiger partial charge >= 0.3 is 0 Å². The fraction of sp³-hybridized carbons (Fsp3) is 0.625. The summed E-state index contributed by atoms with van der Waals surface area (Å²) in [4.78, 5) is 4.54. The summed E-state index contributed by atoms with van der Waals surface area (Å²) in [5.41, 5.74) is 0.956. The van der Waals surface area contributed by atoms with Gasteiger partial charge in [-0.1, -0.05) is 25.9 Å². The van der Waals surface area contributed by atoms with E-state index in [0.29, 0.717) is 12.5 Å². The molecule has 140 valence electrons. The molecule has 0 aromatic carbocycles. The fourth-order valence-electron chi connectivity index (χ4n) is 2.21. The average Bonchev–Trinajstić information content (AvgIpc) is 3.21. The third-order valence-electron chi connectivity index (χ3n) is 3.56. The predicted molar refractivity (Wildman–Crippen MR) is 108 cm³/mol. The molecular formula is C16H28IN7O. The molecule has 2 N–H and O–H groups in total. The highest BCUT2D eigenvalue weighted by atomic mass is 127. The number of aryl methyl sites for hydroxylation is 1. The van der Waals surface area contributed by atoms with Gasteiger partial charge in [0.15, 0.2) is 11.7 Å². The van der Waals surface area contributed by atoms with E-state index in [4.69, 9.17) is 4.52 Å². The Morgan fingerprint density at radius 2 is 2.12 bits per heavy atom. The number of halogens is 1. The van der Waals surface area contributed by atoms with Gasteiger partial charge in [0.1, 0.15) is 18.7 Å². The van der Waals surface area contributed by atoms with Gasteiger partial charge in [-0.25, -0.2) is 4.99 Å². The van der Waals surface area contributed by atoms with Crippen molar-refractivity contribution in [3.8, 4) is 0 Å². The summed E-state index contributed by atoms with van der Waals surface area (Å²) in [7, 11) is 0. The van der Waals surface area contributed by atoms with Crippen molar-refractivity contribution < 1.29 is 4.52 Å². The molecular weight excluding hydrogens is 433 g/mol. The number of rotatable bonds is 8. The fourth-order valence-corrected chi connectivity index (χ4v) is 2.21. The van der Waals surface area contributed by atoms with Crippen molar-refractivity contribution in [3.05, 3.63) is 29.7 Å². The van der Waals surface area contributed by atoms with Crippen LogP contribution in [0.1, 0.15) is 50.9 Å². The van der Waals surface area contributed by atoms with E-state index in [0.717, 1.165) is 49.3 Å². The van der Waals surface area contributed by atoms with Crippen LogP contribution in [0.25, 0.3) is 0 Å². The van der Waals surface area contributed by atoms with Gasteiger partial charge in [-0.3, -0.25) is 0 Å². The second-order valence-electron chi connectivity index (χ2n) is 5.79. The molecule has 0 saturated carbocycles. The minimum absolute atomic E-state index is 0. The number of aliphatic imine (C=N–C) groups is 1. The largest absolute Gasteiger partial charge is 0.359 e. The second-order valence-corrected chi connectivity index (χ2v) is 5.79. The number of nitrogens with zero attached hydrogens (tertiary/aromatic N) is 5. The van der Waals surface area contributed by atoms with Gasteiger partial charge in [-0.15, -0.1) is 34.2 Å². The normalized spacial score (nSPS) is 11.5. The number of aromatic nitrogens is 4. The lowest BCUT2D eigenvalue weighted by Crippen LogP contribution is -2.38. The number of nitrogens with one attached hydrogen (secondary N) is 2. The van der Waals surface area contributed by atoms with E-state index in [1.807, 2.05) is 17.6 Å². The van der Waals surface area contributed by atoms with Crippen LogP contribution >= 0.6 is 24.0 Å². The van der Waals surface area contributed by atoms with Crippen LogP contribution in [0.4, 0.5) is 0 Å². The van der Waals surface area contributed by atoms with Gasteiger partial charge < -0.3 is 19.7 Å². The van der Waals surface area contributed by atoms with E-state index < -0.39 is 0 Å². The average molecular weight is 461 g/mol. The van der Waals surface area contributed by atoms with Gasteiger partial charge in [0.25, 0.3) is 0 Å². The lowest BCUT2D eigenvalue weighted by Gasteiger charge is -2.11. The van der Waals surface area contributed by atoms with E-state index >= 15 is 0 Å². The van der Waals surface area contributed by atoms with Crippen LogP contribution in [0, 0.1) is 0 Å². The van der Waals surface area contributed by atoms with Gasteiger partial charge in [0, 0.05) is 32.1 Å². The standard InChI is InChI=1S/C16H27N7O.HI/c1-5-15-21-20-11-23(15)8-7-18-16(17-6-2)19-10-13-9-14(12(3)4)22-24-13;/h9,11-12H,5-8,10H2,1-4H3,(H2,17,18,19);1H. The summed E-state index contributed by atoms with van der Waals surface area (Å²) in [6, 6.07) is 1.96. The van der Waals surface area contributed by atoms with Crippen LogP contribution in [-0.2, 0) is 19.5 Å². The molecule has 0 radical (unpaired) electrons. The molecule has 8 nitrogen and oxygen atoms in total. The summed E-state index contributed by atoms with van der Waals surface area (Å²) in [6.07, 6.45) is 2.63. The zero-order valence-electron chi connectivity index (χ0n) is 15.3. The van der Waals surface area contributed by atoms with Crippen molar-refractivity contribution >= 4 is 29.9 Å². The molecule has 0 aliphatic carbocycles. The first-order valence-electron chi connectivity index (χ1n) is 8.48. The number of guanidine groups is 1. The van der Waals surface area contributed by atoms with Crippen molar-refractivity contribution in [3.63, 3.8) is 0 Å². The van der Waals surface area contributed by atoms with E-state index in [1.54, 1.807) is 6.33 Å². The highest BCUT2D eigenvalue weighted by molar-refractivity contribution is 14.0. The molecule has 0 spiro atoms. The molecule has 0 unspecified atom stereocenters. The van der Waals surface area contributed by atoms with Crippen LogP contribution in [0.3, 0.4) is 0 Å². The molecule has 0 aliphatic heterocycles. The highest BCUT2D eigenvalue weighted by Gasteiger charge is 2.07. The molecule has 2 rings (SSSR count). The Bertz CT molecular complexity index is 650. The Morgan fingerprint density at radius 1 is 1.32 bits per heavy atom. The third-order valence-corrected chi connectivity index (χ3v) is 3.56. The number of hydrogen-bond acceptors (Lipinski definition) is 5. The first-order valence-corrected chi connectivity index (χ1v) is 8.48. The Kier molecular flexibility index (Phi) is 9.46. The Hall–Kier alpha value is -1.65. The highest BCUT2D eigenvalue weighted by Crippen LogP contribution is 2.14. The van der Waals surface area contributed by atoms with Crippen molar-refractivity contribution in [2.45, 2.75) is 53.1 Å². The number of hydrogen-bond donors (Lipinski definition) is 2. The SMILES string of the molecule is CCNC(=NCc1cc(C(C)C)no1)NCCn1cnnc1CC.I. The topological polar surface area (TPSA) is 93.2 Å². The van der Waals surface area contributed by atoms with Crippen molar-refractivity contribution in [2.24, 2.45) is 4.99 Å². The van der Waals surface area contributed by atoms with Crippen LogP contribution in [0.5, 0.6) is 0 Å². The van der Waals surface area contributed by atoms with Gasteiger partial charge in [0.05, 0.1) is 5.69 Å². The molecule has 2 aromatic heterocycles. The molecule has 0 bridgehead atoms. The van der Waals surface area contributed by atoms with E-state index in [1.165, 1.54) is 0 Å². The first-order chi connectivity index (χ1) is 11.6. The molecule has 25 heavy (non-hydrogen) atoms. The second kappa shape index (κ2) is 11.1. The summed E-state index contributed by atoms with van der Waals surface area (Å²) >= 11 is 0. The van der Waals surface area contributed by atoms with Crippen molar-refractivity contribution in [2.75, 3.05) is 13.1 Å². The van der Waals surface area contributed by atoms with E-state index in [2.05, 4.69) is 51.8 Å². The van der Waals surface area contributed by atoms with Gasteiger partial charge in [0.2, 0.25) is 0 Å². The molecule has 0 fully saturated rings. The minimum Gasteiger partial charge on any atom is -0.359 e. The molecule has 0 atom stereocenters. The van der Waals surface area contributed by atoms with Crippen LogP contribution in [0.2, 0.25) is 0 Å². The maximum Gasteiger partial charge on any atom is 0.191 e. The minimum atomic E-state index is 0. The quantitative estimate of drug-likeness (QED) is 0.356. The molecule has 0 saturated heterocycles. The third kappa shape index (κ3) is 6.63. The molecule has 2 aromatic rings. The Labute approximate surface area is 165 Å². The summed E-state index contributed by atoms with van der Waals surface area (Å²) < 4.78 is 7.36. The summed E-state index contributed by atoms with van der Waals surface area (Å²) in [6.45, 7) is 11.1.